The number of nitrogens with zero attached hydrogens (tertiary/aromatic N) is 1. The van der Waals surface area contributed by atoms with E-state index in [0.717, 1.165) is 56.1 Å². The highest BCUT2D eigenvalue weighted by molar-refractivity contribution is 5.85. The molecule has 0 aromatic heterocycles. The van der Waals surface area contributed by atoms with Crippen molar-refractivity contribution in [2.45, 2.75) is 51.5 Å². The van der Waals surface area contributed by atoms with Gasteiger partial charge in [-0.1, -0.05) is 56.0 Å². The van der Waals surface area contributed by atoms with Crippen molar-refractivity contribution in [3.05, 3.63) is 60.2 Å². The van der Waals surface area contributed by atoms with Gasteiger partial charge in [0.2, 0.25) is 0 Å². The number of carbonyl (C=O) groups is 2. The third-order valence-corrected chi connectivity index (χ3v) is 4.52. The van der Waals surface area contributed by atoms with E-state index < -0.39 is 6.09 Å². The maximum Gasteiger partial charge on any atom is 0.412 e. The molecule has 150 valence electrons. The van der Waals surface area contributed by atoms with E-state index in [2.05, 4.69) is 0 Å². The molecule has 0 radical (unpaired) electrons. The Bertz CT molecular complexity index is 718. The van der Waals surface area contributed by atoms with E-state index in [1.165, 1.54) is 4.90 Å². The Morgan fingerprint density at radius 1 is 0.929 bits per heavy atom. The average Bonchev–Trinajstić information content (AvgIpc) is 2.71. The van der Waals surface area contributed by atoms with Crippen molar-refractivity contribution in [2.24, 2.45) is 0 Å². The largest absolute Gasteiger partial charge is 0.494 e. The molecule has 0 saturated heterocycles. The Morgan fingerprint density at radius 2 is 1.64 bits per heavy atom. The van der Waals surface area contributed by atoms with Crippen molar-refractivity contribution in [2.75, 3.05) is 11.5 Å². The van der Waals surface area contributed by atoms with Crippen LogP contribution in [-0.4, -0.2) is 24.1 Å². The van der Waals surface area contributed by atoms with E-state index in [1.807, 2.05) is 42.5 Å². The zero-order valence-corrected chi connectivity index (χ0v) is 16.3. The van der Waals surface area contributed by atoms with E-state index in [-0.39, 0.29) is 6.54 Å². The van der Waals surface area contributed by atoms with Gasteiger partial charge in [-0.3, -0.25) is 4.90 Å². The molecule has 0 atom stereocenters. The van der Waals surface area contributed by atoms with Gasteiger partial charge in [0.1, 0.15) is 12.0 Å². The monoisotopic (exact) mass is 383 g/mol. The van der Waals surface area contributed by atoms with E-state index in [9.17, 15) is 14.7 Å². The lowest BCUT2D eigenvalue weighted by Crippen LogP contribution is -2.28. The number of anilines is 1. The number of amides is 1. The predicted octanol–water partition coefficient (Wildman–Crippen LogP) is 5.68. The number of hydrogen-bond donors (Lipinski definition) is 1. The average molecular weight is 383 g/mol. The highest BCUT2D eigenvalue weighted by atomic mass is 16.5. The van der Waals surface area contributed by atoms with Crippen LogP contribution in [0.4, 0.5) is 10.5 Å². The molecule has 5 heteroatoms. The smallest absolute Gasteiger partial charge is 0.412 e. The summed E-state index contributed by atoms with van der Waals surface area (Å²) in [6.07, 6.45) is 7.20. The second-order valence-corrected chi connectivity index (χ2v) is 6.78. The molecule has 0 aliphatic carbocycles. The van der Waals surface area contributed by atoms with Crippen LogP contribution in [0, 0.1) is 0 Å². The van der Waals surface area contributed by atoms with Crippen LogP contribution in [-0.2, 0) is 11.3 Å². The van der Waals surface area contributed by atoms with Gasteiger partial charge in [0, 0.05) is 12.1 Å². The minimum atomic E-state index is -0.981. The standard InChI is InChI=1S/C23H29NO4/c25-16-9-4-2-1-3-5-10-17-28-22-15-11-12-20(18-22)19-24(23(26)27)21-13-7-6-8-14-21/h6-8,11-16,18H,1-5,9-10,17,19H2,(H,26,27). The molecule has 0 saturated carbocycles. The van der Waals surface area contributed by atoms with Crippen molar-refractivity contribution in [3.8, 4) is 5.75 Å². The van der Waals surface area contributed by atoms with E-state index >= 15 is 0 Å². The molecule has 28 heavy (non-hydrogen) atoms. The summed E-state index contributed by atoms with van der Waals surface area (Å²) in [6, 6.07) is 16.7. The van der Waals surface area contributed by atoms with Gasteiger partial charge < -0.3 is 14.6 Å². The molecular formula is C23H29NO4. The van der Waals surface area contributed by atoms with Crippen LogP contribution in [0.5, 0.6) is 5.75 Å². The number of ether oxygens (including phenoxy) is 1. The molecule has 0 fully saturated rings. The van der Waals surface area contributed by atoms with Crippen LogP contribution in [0.1, 0.15) is 50.5 Å². The van der Waals surface area contributed by atoms with E-state index in [4.69, 9.17) is 4.74 Å². The Kier molecular flexibility index (Phi) is 9.62. The molecular weight excluding hydrogens is 354 g/mol. The van der Waals surface area contributed by atoms with Crippen LogP contribution in [0.15, 0.2) is 54.6 Å². The van der Waals surface area contributed by atoms with Crippen LogP contribution in [0.25, 0.3) is 0 Å². The number of aldehydes is 1. The van der Waals surface area contributed by atoms with Gasteiger partial charge in [0.15, 0.2) is 0 Å². The third kappa shape index (κ3) is 7.82. The van der Waals surface area contributed by atoms with Crippen molar-refractivity contribution >= 4 is 18.1 Å². The summed E-state index contributed by atoms with van der Waals surface area (Å²) < 4.78 is 5.83. The Balaban J connectivity index is 1.77. The summed E-state index contributed by atoms with van der Waals surface area (Å²) in [7, 11) is 0. The Hall–Kier alpha value is -2.82. The fourth-order valence-corrected chi connectivity index (χ4v) is 3.02. The SMILES string of the molecule is O=CCCCCCCCCOc1cccc(CN(C(=O)O)c2ccccc2)c1. The number of unbranched alkanes of at least 4 members (excludes halogenated alkanes) is 6. The topological polar surface area (TPSA) is 66.8 Å². The lowest BCUT2D eigenvalue weighted by Gasteiger charge is -2.19. The zero-order valence-electron chi connectivity index (χ0n) is 16.3. The van der Waals surface area contributed by atoms with Gasteiger partial charge in [0.05, 0.1) is 13.2 Å². The molecule has 0 unspecified atom stereocenters. The lowest BCUT2D eigenvalue weighted by molar-refractivity contribution is -0.107. The number of hydrogen-bond acceptors (Lipinski definition) is 3. The molecule has 0 bridgehead atoms. The van der Waals surface area contributed by atoms with Gasteiger partial charge in [-0.2, -0.15) is 0 Å². The fraction of sp³-hybridized carbons (Fsp3) is 0.391. The van der Waals surface area contributed by atoms with E-state index in [0.29, 0.717) is 18.7 Å². The third-order valence-electron chi connectivity index (χ3n) is 4.52. The Morgan fingerprint density at radius 3 is 2.36 bits per heavy atom. The second-order valence-electron chi connectivity index (χ2n) is 6.78. The minimum Gasteiger partial charge on any atom is -0.494 e. The first-order valence-electron chi connectivity index (χ1n) is 9.91. The van der Waals surface area contributed by atoms with Gasteiger partial charge >= 0.3 is 6.09 Å². The molecule has 0 spiro atoms. The maximum absolute atomic E-state index is 11.6. The summed E-state index contributed by atoms with van der Waals surface area (Å²) in [4.78, 5) is 23.2. The van der Waals surface area contributed by atoms with Gasteiger partial charge in [-0.15, -0.1) is 0 Å². The van der Waals surface area contributed by atoms with Crippen molar-refractivity contribution < 1.29 is 19.4 Å². The summed E-state index contributed by atoms with van der Waals surface area (Å²) in [6.45, 7) is 0.927. The van der Waals surface area contributed by atoms with Crippen LogP contribution in [0.2, 0.25) is 0 Å². The zero-order chi connectivity index (χ0) is 20.0. The maximum atomic E-state index is 11.6. The molecule has 0 aliphatic rings. The lowest BCUT2D eigenvalue weighted by atomic mass is 10.1. The highest BCUT2D eigenvalue weighted by Gasteiger charge is 2.14. The van der Waals surface area contributed by atoms with Crippen LogP contribution in [0.3, 0.4) is 0 Å². The first kappa shape index (κ1) is 21.5. The van der Waals surface area contributed by atoms with Gasteiger partial charge in [0.25, 0.3) is 0 Å². The summed E-state index contributed by atoms with van der Waals surface area (Å²) >= 11 is 0. The van der Waals surface area contributed by atoms with Gasteiger partial charge in [-0.25, -0.2) is 4.79 Å². The minimum absolute atomic E-state index is 0.275. The summed E-state index contributed by atoms with van der Waals surface area (Å²) in [5.74, 6) is 0.766. The summed E-state index contributed by atoms with van der Waals surface area (Å²) in [5, 5.41) is 9.53. The quantitative estimate of drug-likeness (QED) is 0.357. The molecule has 2 aromatic rings. The molecule has 0 heterocycles. The fourth-order valence-electron chi connectivity index (χ4n) is 3.02. The number of rotatable bonds is 13. The first-order chi connectivity index (χ1) is 13.7. The highest BCUT2D eigenvalue weighted by Crippen LogP contribution is 2.20. The molecule has 2 aromatic carbocycles. The summed E-state index contributed by atoms with van der Waals surface area (Å²) in [5.41, 5.74) is 1.54. The molecule has 1 amide bonds. The second kappa shape index (κ2) is 12.5. The molecule has 1 N–H and O–H groups in total. The number of benzene rings is 2. The van der Waals surface area contributed by atoms with Crippen LogP contribution >= 0.6 is 0 Å². The molecule has 5 nitrogen and oxygen atoms in total. The first-order valence-corrected chi connectivity index (χ1v) is 9.91. The number of carboxylic acid groups (broad SMARTS) is 1. The van der Waals surface area contributed by atoms with Crippen molar-refractivity contribution in [3.63, 3.8) is 0 Å². The van der Waals surface area contributed by atoms with Crippen LogP contribution < -0.4 is 9.64 Å². The van der Waals surface area contributed by atoms with Gasteiger partial charge in [-0.05, 0) is 42.7 Å². The molecule has 0 aliphatic heterocycles. The number of carbonyl (C=O) groups excluding carboxylic acids is 1. The van der Waals surface area contributed by atoms with Crippen molar-refractivity contribution in [1.29, 1.82) is 0 Å². The predicted molar refractivity (Wildman–Crippen MR) is 111 cm³/mol. The van der Waals surface area contributed by atoms with E-state index in [1.54, 1.807) is 12.1 Å². The van der Waals surface area contributed by atoms with Crippen molar-refractivity contribution in [1.82, 2.24) is 0 Å². The normalized spacial score (nSPS) is 10.4. The Labute approximate surface area is 166 Å². The molecule has 2 rings (SSSR count). The number of para-hydroxylation sites is 1.